The van der Waals surface area contributed by atoms with Crippen molar-refractivity contribution < 1.29 is 39.8 Å². The fourth-order valence-electron chi connectivity index (χ4n) is 8.72. The number of allylic oxidation sites excluding steroid dienone is 4. The molecule has 0 saturated carbocycles. The highest BCUT2D eigenvalue weighted by atomic mass is 16.7. The number of carbonyl (C=O) groups is 1. The number of unbranched alkanes of at least 4 members (excludes halogenated alkanes) is 32. The Morgan fingerprint density at radius 2 is 0.937 bits per heavy atom. The van der Waals surface area contributed by atoms with E-state index in [1.54, 1.807) is 0 Å². The van der Waals surface area contributed by atoms with Gasteiger partial charge in [0.05, 0.1) is 25.4 Å². The molecule has 0 bridgehead atoms. The monoisotopic (exact) mass is 894 g/mol. The predicted octanol–water partition coefficient (Wildman–Crippen LogP) is 12.6. The van der Waals surface area contributed by atoms with Crippen LogP contribution in [0.4, 0.5) is 0 Å². The highest BCUT2D eigenvalue weighted by molar-refractivity contribution is 5.76. The first kappa shape index (κ1) is 59.7. The van der Waals surface area contributed by atoms with Crippen LogP contribution in [-0.4, -0.2) is 87.5 Å². The Morgan fingerprint density at radius 1 is 0.540 bits per heavy atom. The molecule has 63 heavy (non-hydrogen) atoms. The van der Waals surface area contributed by atoms with Crippen LogP contribution in [0, 0.1) is 0 Å². The topological polar surface area (TPSA) is 149 Å². The molecular weight excluding hydrogens is 791 g/mol. The van der Waals surface area contributed by atoms with Crippen LogP contribution in [-0.2, 0) is 14.3 Å². The lowest BCUT2D eigenvalue weighted by molar-refractivity contribution is -0.302. The Balaban J connectivity index is 2.13. The van der Waals surface area contributed by atoms with Gasteiger partial charge in [-0.2, -0.15) is 0 Å². The molecule has 0 aromatic heterocycles. The van der Waals surface area contributed by atoms with Crippen molar-refractivity contribution in [1.82, 2.24) is 5.32 Å². The number of hydrogen-bond donors (Lipinski definition) is 6. The zero-order valence-electron chi connectivity index (χ0n) is 41.1. The first-order chi connectivity index (χ1) is 30.8. The fraction of sp³-hybridized carbons (Fsp3) is 0.907. The zero-order chi connectivity index (χ0) is 45.9. The number of aliphatic hydroxyl groups excluding tert-OH is 5. The molecule has 0 aliphatic carbocycles. The van der Waals surface area contributed by atoms with Crippen LogP contribution in [0.1, 0.15) is 258 Å². The molecule has 1 amide bonds. The standard InChI is InChI=1S/C54H103NO8/c1-3-5-7-9-11-13-15-16-17-18-19-20-21-22-23-24-25-26-27-28-29-30-31-32-34-36-38-40-42-44-50(58)55-47(46-62-54-53(61)52(60)51(59)49(45-56)63-54)48(57)43-41-39-37-35-33-14-12-10-8-6-4-2/h15-16,18-19,47-49,51-54,56-57,59-61H,3-14,17,20-46H2,1-2H3,(H,55,58)/b16-15-,19-18-. The summed E-state index contributed by atoms with van der Waals surface area (Å²) in [4.78, 5) is 13.0. The molecule has 7 atom stereocenters. The van der Waals surface area contributed by atoms with Gasteiger partial charge in [-0.05, 0) is 44.9 Å². The second-order valence-electron chi connectivity index (χ2n) is 19.0. The van der Waals surface area contributed by atoms with Crippen LogP contribution < -0.4 is 5.32 Å². The largest absolute Gasteiger partial charge is 0.394 e. The van der Waals surface area contributed by atoms with E-state index in [0.717, 1.165) is 44.9 Å². The van der Waals surface area contributed by atoms with Crippen molar-refractivity contribution in [1.29, 1.82) is 0 Å². The van der Waals surface area contributed by atoms with Crippen molar-refractivity contribution in [2.75, 3.05) is 13.2 Å². The number of ether oxygens (including phenoxy) is 2. The maximum absolute atomic E-state index is 13.0. The summed E-state index contributed by atoms with van der Waals surface area (Å²) in [6, 6.07) is -0.715. The van der Waals surface area contributed by atoms with Crippen LogP contribution in [0.3, 0.4) is 0 Å². The molecule has 9 heteroatoms. The Hall–Kier alpha value is -1.33. The van der Waals surface area contributed by atoms with Crippen molar-refractivity contribution >= 4 is 5.91 Å². The second-order valence-corrected chi connectivity index (χ2v) is 19.0. The van der Waals surface area contributed by atoms with E-state index in [2.05, 4.69) is 43.5 Å². The van der Waals surface area contributed by atoms with E-state index in [4.69, 9.17) is 9.47 Å². The van der Waals surface area contributed by atoms with Crippen molar-refractivity contribution in [3.05, 3.63) is 24.3 Å². The van der Waals surface area contributed by atoms with Gasteiger partial charge < -0.3 is 40.3 Å². The summed E-state index contributed by atoms with van der Waals surface area (Å²) in [5.74, 6) is -0.142. The van der Waals surface area contributed by atoms with E-state index in [9.17, 15) is 30.3 Å². The lowest BCUT2D eigenvalue weighted by Crippen LogP contribution is -2.60. The molecule has 1 aliphatic rings. The normalized spacial score (nSPS) is 20.3. The SMILES string of the molecule is CCCCCCC/C=C\C/C=C\CCCCCCCCCCCCCCCCCCCC(=O)NC(COC1OC(CO)C(O)C(O)C1O)C(O)CCCCCCCCCCCCC. The molecule has 6 N–H and O–H groups in total. The first-order valence-electron chi connectivity index (χ1n) is 27.0. The van der Waals surface area contributed by atoms with Crippen LogP contribution in [0.15, 0.2) is 24.3 Å². The summed E-state index contributed by atoms with van der Waals surface area (Å²) < 4.78 is 11.3. The van der Waals surface area contributed by atoms with Gasteiger partial charge in [0.25, 0.3) is 0 Å². The number of nitrogens with one attached hydrogen (secondary N) is 1. The zero-order valence-corrected chi connectivity index (χ0v) is 41.1. The molecule has 1 heterocycles. The Bertz CT molecular complexity index is 1040. The molecule has 0 aromatic carbocycles. The van der Waals surface area contributed by atoms with Gasteiger partial charge in [-0.3, -0.25) is 4.79 Å². The first-order valence-corrected chi connectivity index (χ1v) is 27.0. The molecule has 1 saturated heterocycles. The van der Waals surface area contributed by atoms with E-state index >= 15 is 0 Å². The Labute approximate surface area is 388 Å². The maximum atomic E-state index is 13.0. The number of carbonyl (C=O) groups excluding carboxylic acids is 1. The number of amides is 1. The van der Waals surface area contributed by atoms with Crippen LogP contribution >= 0.6 is 0 Å². The molecule has 1 fully saturated rings. The highest BCUT2D eigenvalue weighted by Crippen LogP contribution is 2.23. The van der Waals surface area contributed by atoms with Gasteiger partial charge in [-0.25, -0.2) is 0 Å². The highest BCUT2D eigenvalue weighted by Gasteiger charge is 2.44. The summed E-state index contributed by atoms with van der Waals surface area (Å²) in [5, 5.41) is 54.4. The van der Waals surface area contributed by atoms with Crippen LogP contribution in [0.2, 0.25) is 0 Å². The maximum Gasteiger partial charge on any atom is 0.220 e. The third-order valence-corrected chi connectivity index (χ3v) is 13.1. The van der Waals surface area contributed by atoms with E-state index in [-0.39, 0.29) is 12.5 Å². The minimum Gasteiger partial charge on any atom is -0.394 e. The Morgan fingerprint density at radius 3 is 1.37 bits per heavy atom. The molecule has 0 aromatic rings. The Kier molecular flexibility index (Phi) is 42.2. The van der Waals surface area contributed by atoms with Gasteiger partial charge in [0, 0.05) is 6.42 Å². The molecule has 0 spiro atoms. The van der Waals surface area contributed by atoms with Gasteiger partial charge >= 0.3 is 0 Å². The van der Waals surface area contributed by atoms with Gasteiger partial charge in [-0.1, -0.05) is 231 Å². The van der Waals surface area contributed by atoms with Crippen molar-refractivity contribution in [2.45, 2.75) is 301 Å². The van der Waals surface area contributed by atoms with Gasteiger partial charge in [0.15, 0.2) is 6.29 Å². The van der Waals surface area contributed by atoms with Crippen LogP contribution in [0.5, 0.6) is 0 Å². The van der Waals surface area contributed by atoms with Gasteiger partial charge in [-0.15, -0.1) is 0 Å². The minimum absolute atomic E-state index is 0.135. The molecule has 0 radical (unpaired) electrons. The smallest absolute Gasteiger partial charge is 0.220 e. The molecule has 7 unspecified atom stereocenters. The summed E-state index contributed by atoms with van der Waals surface area (Å²) in [6.45, 7) is 3.83. The quantitative estimate of drug-likeness (QED) is 0.0261. The van der Waals surface area contributed by atoms with Crippen molar-refractivity contribution in [3.8, 4) is 0 Å². The van der Waals surface area contributed by atoms with E-state index in [1.165, 1.54) is 186 Å². The van der Waals surface area contributed by atoms with Crippen molar-refractivity contribution in [3.63, 3.8) is 0 Å². The van der Waals surface area contributed by atoms with Crippen molar-refractivity contribution in [2.24, 2.45) is 0 Å². The fourth-order valence-corrected chi connectivity index (χ4v) is 8.72. The number of rotatable bonds is 46. The molecule has 1 aliphatic heterocycles. The average Bonchev–Trinajstić information content (AvgIpc) is 3.28. The lowest BCUT2D eigenvalue weighted by atomic mass is 9.99. The van der Waals surface area contributed by atoms with Gasteiger partial charge in [0.2, 0.25) is 5.91 Å². The predicted molar refractivity (Wildman–Crippen MR) is 263 cm³/mol. The molecule has 9 nitrogen and oxygen atoms in total. The van der Waals surface area contributed by atoms with Gasteiger partial charge in [0.1, 0.15) is 24.4 Å². The minimum atomic E-state index is -1.55. The third kappa shape index (κ3) is 34.6. The summed E-state index contributed by atoms with van der Waals surface area (Å²) >= 11 is 0. The van der Waals surface area contributed by atoms with E-state index in [0.29, 0.717) is 12.8 Å². The summed E-state index contributed by atoms with van der Waals surface area (Å²) in [7, 11) is 0. The number of hydrogen-bond acceptors (Lipinski definition) is 8. The third-order valence-electron chi connectivity index (χ3n) is 13.1. The lowest BCUT2D eigenvalue weighted by Gasteiger charge is -2.40. The van der Waals surface area contributed by atoms with E-state index < -0.39 is 49.5 Å². The molecule has 372 valence electrons. The summed E-state index contributed by atoms with van der Waals surface area (Å²) in [6.07, 6.45) is 47.8. The number of aliphatic hydroxyl groups is 5. The average molecular weight is 894 g/mol. The van der Waals surface area contributed by atoms with Crippen LogP contribution in [0.25, 0.3) is 0 Å². The summed E-state index contributed by atoms with van der Waals surface area (Å²) in [5.41, 5.74) is 0. The van der Waals surface area contributed by atoms with E-state index in [1.807, 2.05) is 0 Å². The second kappa shape index (κ2) is 44.5. The molecule has 1 rings (SSSR count). The molecular formula is C54H103NO8.